The average Bonchev–Trinajstić information content (AvgIpc) is 2.73. The van der Waals surface area contributed by atoms with Gasteiger partial charge in [0, 0.05) is 37.7 Å². The summed E-state index contributed by atoms with van der Waals surface area (Å²) in [5, 5.41) is 0. The minimum atomic E-state index is -0.176. The lowest BCUT2D eigenvalue weighted by atomic mass is 10.0. The van der Waals surface area contributed by atoms with E-state index in [-0.39, 0.29) is 17.5 Å². The highest BCUT2D eigenvalue weighted by Gasteiger charge is 2.30. The van der Waals surface area contributed by atoms with E-state index in [2.05, 4.69) is 30.8 Å². The van der Waals surface area contributed by atoms with Gasteiger partial charge in [-0.1, -0.05) is 19.9 Å². The van der Waals surface area contributed by atoms with Crippen molar-refractivity contribution >= 4 is 5.91 Å². The van der Waals surface area contributed by atoms with Gasteiger partial charge in [-0.3, -0.25) is 14.6 Å². The molecule has 162 valence electrons. The lowest BCUT2D eigenvalue weighted by Crippen LogP contribution is -2.47. The Morgan fingerprint density at radius 3 is 2.63 bits per heavy atom. The number of rotatable bonds is 7. The molecule has 3 rings (SSSR count). The number of hydrogen-bond acceptors (Lipinski definition) is 4. The minimum absolute atomic E-state index is 0.122. The van der Waals surface area contributed by atoms with E-state index in [1.165, 1.54) is 0 Å². The molecule has 6 heteroatoms. The Kier molecular flexibility index (Phi) is 7.43. The van der Waals surface area contributed by atoms with E-state index in [0.29, 0.717) is 24.6 Å². The molecular weight excluding hydrogens is 376 g/mol. The van der Waals surface area contributed by atoms with Crippen LogP contribution in [-0.2, 0) is 13.1 Å². The van der Waals surface area contributed by atoms with Gasteiger partial charge in [0.2, 0.25) is 0 Å². The minimum Gasteiger partial charge on any atom is -0.331 e. The molecule has 2 aromatic rings. The summed E-state index contributed by atoms with van der Waals surface area (Å²) >= 11 is 0. The molecule has 0 aliphatic carbocycles. The van der Waals surface area contributed by atoms with E-state index in [1.54, 1.807) is 17.0 Å². The van der Waals surface area contributed by atoms with Gasteiger partial charge in [-0.25, -0.2) is 0 Å². The number of pyridine rings is 2. The standard InChI is InChI=1S/C24H34N4O2/c1-18(2)7-14-27-15-8-19(3)22(23(27)29)24(30)28(17-20-6-5-11-25-16-20)21-9-12-26(4)13-10-21/h5-6,8,11,15-16,18,21H,7,9-10,12-14,17H2,1-4H3. The molecule has 1 amide bonds. The number of hydrogen-bond donors (Lipinski definition) is 0. The molecule has 1 fully saturated rings. The average molecular weight is 411 g/mol. The molecule has 0 atom stereocenters. The van der Waals surface area contributed by atoms with Gasteiger partial charge in [0.05, 0.1) is 0 Å². The quantitative estimate of drug-likeness (QED) is 0.703. The van der Waals surface area contributed by atoms with E-state index >= 15 is 0 Å². The first-order valence-electron chi connectivity index (χ1n) is 10.9. The number of aryl methyl sites for hydroxylation is 2. The zero-order valence-electron chi connectivity index (χ0n) is 18.7. The number of likely N-dealkylation sites (tertiary alicyclic amines) is 1. The maximum Gasteiger partial charge on any atom is 0.263 e. The zero-order valence-corrected chi connectivity index (χ0v) is 18.7. The molecule has 0 saturated carbocycles. The molecule has 30 heavy (non-hydrogen) atoms. The predicted molar refractivity (Wildman–Crippen MR) is 120 cm³/mol. The van der Waals surface area contributed by atoms with Gasteiger partial charge in [0.25, 0.3) is 11.5 Å². The van der Waals surface area contributed by atoms with Gasteiger partial charge < -0.3 is 14.4 Å². The summed E-state index contributed by atoms with van der Waals surface area (Å²) in [5.41, 5.74) is 1.86. The van der Waals surface area contributed by atoms with Crippen molar-refractivity contribution < 1.29 is 4.79 Å². The maximum atomic E-state index is 13.7. The third-order valence-corrected chi connectivity index (χ3v) is 6.00. The van der Waals surface area contributed by atoms with Crippen LogP contribution >= 0.6 is 0 Å². The summed E-state index contributed by atoms with van der Waals surface area (Å²) in [5.74, 6) is 0.341. The zero-order chi connectivity index (χ0) is 21.7. The van der Waals surface area contributed by atoms with E-state index < -0.39 is 0 Å². The molecular formula is C24H34N4O2. The summed E-state index contributed by atoms with van der Waals surface area (Å²) in [6.45, 7) is 9.15. The molecule has 0 aromatic carbocycles. The van der Waals surface area contributed by atoms with Crippen LogP contribution in [-0.4, -0.2) is 51.4 Å². The first kappa shape index (κ1) is 22.2. The first-order valence-corrected chi connectivity index (χ1v) is 10.9. The number of piperidine rings is 1. The molecule has 6 nitrogen and oxygen atoms in total. The summed E-state index contributed by atoms with van der Waals surface area (Å²) in [7, 11) is 2.11. The van der Waals surface area contributed by atoms with E-state index in [1.807, 2.05) is 36.2 Å². The largest absolute Gasteiger partial charge is 0.331 e. The number of carbonyl (C=O) groups excluding carboxylic acids is 1. The Morgan fingerprint density at radius 2 is 2.00 bits per heavy atom. The summed E-state index contributed by atoms with van der Waals surface area (Å²) in [6, 6.07) is 5.89. The van der Waals surface area contributed by atoms with Crippen LogP contribution in [0.5, 0.6) is 0 Å². The molecule has 2 aromatic heterocycles. The molecule has 1 aliphatic rings. The fraction of sp³-hybridized carbons (Fsp3) is 0.542. The van der Waals surface area contributed by atoms with Gasteiger partial charge >= 0.3 is 0 Å². The number of nitrogens with zero attached hydrogens (tertiary/aromatic N) is 4. The monoisotopic (exact) mass is 410 g/mol. The Bertz CT molecular complexity index is 899. The number of aromatic nitrogens is 2. The van der Waals surface area contributed by atoms with Crippen LogP contribution < -0.4 is 5.56 Å². The van der Waals surface area contributed by atoms with Crippen LogP contribution in [0.2, 0.25) is 0 Å². The van der Waals surface area contributed by atoms with E-state index in [9.17, 15) is 9.59 Å². The lowest BCUT2D eigenvalue weighted by Gasteiger charge is -2.37. The van der Waals surface area contributed by atoms with Gasteiger partial charge in [0.1, 0.15) is 5.56 Å². The Labute approximate surface area is 179 Å². The summed E-state index contributed by atoms with van der Waals surface area (Å²) in [6.07, 6.45) is 8.09. The highest BCUT2D eigenvalue weighted by Crippen LogP contribution is 2.21. The SMILES string of the molecule is Cc1ccn(CCC(C)C)c(=O)c1C(=O)N(Cc1cccnc1)C1CCN(C)CC1. The van der Waals surface area contributed by atoms with Gasteiger partial charge in [-0.15, -0.1) is 0 Å². The topological polar surface area (TPSA) is 58.4 Å². The van der Waals surface area contributed by atoms with Crippen molar-refractivity contribution in [3.63, 3.8) is 0 Å². The van der Waals surface area contributed by atoms with Gasteiger partial charge in [-0.05, 0) is 75.5 Å². The highest BCUT2D eigenvalue weighted by molar-refractivity contribution is 5.95. The van der Waals surface area contributed by atoms with Gasteiger partial charge in [-0.2, -0.15) is 0 Å². The van der Waals surface area contributed by atoms with Crippen molar-refractivity contribution in [2.24, 2.45) is 5.92 Å². The molecule has 0 spiro atoms. The lowest BCUT2D eigenvalue weighted by molar-refractivity contribution is 0.0566. The third kappa shape index (κ3) is 5.36. The van der Waals surface area contributed by atoms with E-state index in [4.69, 9.17) is 0 Å². The second-order valence-corrected chi connectivity index (χ2v) is 8.88. The molecule has 0 radical (unpaired) electrons. The van der Waals surface area contributed by atoms with Crippen molar-refractivity contribution in [2.45, 2.75) is 59.2 Å². The summed E-state index contributed by atoms with van der Waals surface area (Å²) in [4.78, 5) is 35.4. The van der Waals surface area contributed by atoms with Crippen LogP contribution in [0.25, 0.3) is 0 Å². The molecule has 1 aliphatic heterocycles. The van der Waals surface area contributed by atoms with Crippen molar-refractivity contribution in [1.29, 1.82) is 0 Å². The van der Waals surface area contributed by atoms with Crippen molar-refractivity contribution in [3.05, 3.63) is 63.8 Å². The Morgan fingerprint density at radius 1 is 1.27 bits per heavy atom. The summed E-state index contributed by atoms with van der Waals surface area (Å²) < 4.78 is 1.69. The second-order valence-electron chi connectivity index (χ2n) is 8.88. The fourth-order valence-electron chi connectivity index (χ4n) is 4.00. The van der Waals surface area contributed by atoms with Crippen molar-refractivity contribution in [2.75, 3.05) is 20.1 Å². The first-order chi connectivity index (χ1) is 14.4. The predicted octanol–water partition coefficient (Wildman–Crippen LogP) is 3.33. The molecule has 0 unspecified atom stereocenters. The molecule has 0 bridgehead atoms. The smallest absolute Gasteiger partial charge is 0.263 e. The Balaban J connectivity index is 1.94. The Hall–Kier alpha value is -2.47. The van der Waals surface area contributed by atoms with Crippen LogP contribution in [0, 0.1) is 12.8 Å². The van der Waals surface area contributed by atoms with Crippen LogP contribution in [0.3, 0.4) is 0 Å². The van der Waals surface area contributed by atoms with Crippen LogP contribution in [0.4, 0.5) is 0 Å². The second kappa shape index (κ2) is 10.0. The fourth-order valence-corrected chi connectivity index (χ4v) is 4.00. The highest BCUT2D eigenvalue weighted by atomic mass is 16.2. The number of carbonyl (C=O) groups is 1. The van der Waals surface area contributed by atoms with Crippen molar-refractivity contribution in [1.82, 2.24) is 19.4 Å². The maximum absolute atomic E-state index is 13.7. The van der Waals surface area contributed by atoms with Gasteiger partial charge in [0.15, 0.2) is 0 Å². The number of amides is 1. The normalized spacial score (nSPS) is 15.5. The van der Waals surface area contributed by atoms with Crippen LogP contribution in [0.15, 0.2) is 41.6 Å². The van der Waals surface area contributed by atoms with Crippen LogP contribution in [0.1, 0.15) is 54.6 Å². The van der Waals surface area contributed by atoms with Crippen molar-refractivity contribution in [3.8, 4) is 0 Å². The van der Waals surface area contributed by atoms with E-state index in [0.717, 1.165) is 43.5 Å². The molecule has 0 N–H and O–H groups in total. The third-order valence-electron chi connectivity index (χ3n) is 6.00. The molecule has 3 heterocycles. The molecule has 1 saturated heterocycles.